The van der Waals surface area contributed by atoms with Gasteiger partial charge >= 0.3 is 5.97 Å². The number of pyridine rings is 1. The molecule has 12 heteroatoms. The lowest BCUT2D eigenvalue weighted by Gasteiger charge is -2.57. The van der Waals surface area contributed by atoms with Crippen LogP contribution >= 0.6 is 11.3 Å². The first-order valence-electron chi connectivity index (χ1n) is 21.7. The van der Waals surface area contributed by atoms with Gasteiger partial charge in [-0.25, -0.2) is 14.8 Å². The van der Waals surface area contributed by atoms with Crippen LogP contribution in [0.1, 0.15) is 112 Å². The molecule has 6 aliphatic rings. The van der Waals surface area contributed by atoms with E-state index in [1.165, 1.54) is 83.8 Å². The highest BCUT2D eigenvalue weighted by molar-refractivity contribution is 7.22. The van der Waals surface area contributed by atoms with Gasteiger partial charge in [0.1, 0.15) is 5.82 Å². The number of anilines is 4. The summed E-state index contributed by atoms with van der Waals surface area (Å²) in [5.41, 5.74) is 6.80. The Morgan fingerprint density at radius 1 is 0.931 bits per heavy atom. The summed E-state index contributed by atoms with van der Waals surface area (Å²) in [6.45, 7) is 14.8. The first-order chi connectivity index (χ1) is 28.0. The molecule has 4 aliphatic carbocycles. The van der Waals surface area contributed by atoms with Gasteiger partial charge in [-0.1, -0.05) is 37.3 Å². The number of likely N-dealkylation sites (tertiary alicyclic amines) is 1. The summed E-state index contributed by atoms with van der Waals surface area (Å²) < 4.78 is 3.29. The lowest BCUT2D eigenvalue weighted by molar-refractivity contribution is -0.0649. The van der Waals surface area contributed by atoms with E-state index in [1.54, 1.807) is 11.3 Å². The molecule has 11 nitrogen and oxygen atoms in total. The molecule has 5 fully saturated rings. The number of benzene rings is 1. The number of hydrogen-bond acceptors (Lipinski definition) is 10. The van der Waals surface area contributed by atoms with E-state index in [4.69, 9.17) is 15.1 Å². The molecular weight excluding hydrogens is 743 g/mol. The number of rotatable bonds is 11. The summed E-state index contributed by atoms with van der Waals surface area (Å²) in [4.78, 5) is 27.2. The second-order valence-electron chi connectivity index (χ2n) is 19.5. The van der Waals surface area contributed by atoms with Crippen molar-refractivity contribution in [2.45, 2.75) is 111 Å². The van der Waals surface area contributed by atoms with Crippen LogP contribution < -0.4 is 10.2 Å². The number of fused-ring (bicyclic) bond motifs is 3. The van der Waals surface area contributed by atoms with Crippen molar-refractivity contribution in [2.24, 2.45) is 28.1 Å². The minimum absolute atomic E-state index is 0.0350. The smallest absolute Gasteiger partial charge is 0.355 e. The average molecular weight is 800 g/mol. The highest BCUT2D eigenvalue weighted by atomic mass is 32.1. The van der Waals surface area contributed by atoms with Crippen molar-refractivity contribution in [1.82, 2.24) is 34.8 Å². The Morgan fingerprint density at radius 2 is 1.74 bits per heavy atom. The first kappa shape index (κ1) is 37.8. The highest BCUT2D eigenvalue weighted by Gasteiger charge is 2.59. The molecule has 6 heterocycles. The van der Waals surface area contributed by atoms with Crippen molar-refractivity contribution < 1.29 is 9.90 Å². The lowest BCUT2D eigenvalue weighted by atomic mass is 9.48. The lowest BCUT2D eigenvalue weighted by Crippen LogP contribution is -2.46. The van der Waals surface area contributed by atoms with Crippen molar-refractivity contribution >= 4 is 50.1 Å². The van der Waals surface area contributed by atoms with Gasteiger partial charge in [-0.15, -0.1) is 10.2 Å². The van der Waals surface area contributed by atoms with Crippen LogP contribution in [0.25, 0.3) is 21.3 Å². The topological polar surface area (TPSA) is 125 Å². The molecule has 5 unspecified atom stereocenters. The van der Waals surface area contributed by atoms with Crippen molar-refractivity contribution in [1.29, 1.82) is 0 Å². The Labute approximate surface area is 345 Å². The monoisotopic (exact) mass is 799 g/mol. The maximum Gasteiger partial charge on any atom is 0.355 e. The second-order valence-corrected chi connectivity index (χ2v) is 20.5. The van der Waals surface area contributed by atoms with E-state index in [9.17, 15) is 9.90 Å². The molecule has 0 spiro atoms. The number of carboxylic acid groups (broad SMARTS) is 1. The van der Waals surface area contributed by atoms with Gasteiger partial charge in [0.2, 0.25) is 0 Å². The summed E-state index contributed by atoms with van der Waals surface area (Å²) in [6.07, 6.45) is 17.1. The predicted molar refractivity (Wildman–Crippen MR) is 230 cm³/mol. The van der Waals surface area contributed by atoms with E-state index >= 15 is 0 Å². The minimum Gasteiger partial charge on any atom is -0.476 e. The SMILES string of the molecule is Cc1c(Nc2nc3ccccc3s2)nnc2c1CCCN2c1ccc(-c2cnn(CC3CC4(C)CC5(C)CC3CC(CCCN3CCCC3)(C4)C5)c2C)c(C(=O)O)n1. The van der Waals surface area contributed by atoms with E-state index in [1.807, 2.05) is 41.4 Å². The van der Waals surface area contributed by atoms with E-state index in [2.05, 4.69) is 58.9 Å². The second kappa shape index (κ2) is 14.4. The van der Waals surface area contributed by atoms with Crippen molar-refractivity contribution in [2.75, 3.05) is 36.4 Å². The molecular formula is C46H57N9O2S. The number of carboxylic acids is 1. The van der Waals surface area contributed by atoms with Crippen LogP contribution in [0.3, 0.4) is 0 Å². The van der Waals surface area contributed by atoms with Crippen LogP contribution in [-0.4, -0.2) is 72.1 Å². The number of carbonyl (C=O) groups is 1. The molecule has 0 amide bonds. The van der Waals surface area contributed by atoms with Crippen molar-refractivity contribution in [3.63, 3.8) is 0 Å². The first-order valence-corrected chi connectivity index (χ1v) is 22.5. The third-order valence-electron chi connectivity index (χ3n) is 14.8. The Bertz CT molecular complexity index is 2350. The van der Waals surface area contributed by atoms with Crippen LogP contribution in [0.4, 0.5) is 22.6 Å². The van der Waals surface area contributed by atoms with Crippen molar-refractivity contribution in [3.05, 3.63) is 65.1 Å². The van der Waals surface area contributed by atoms with Crippen LogP contribution in [-0.2, 0) is 13.0 Å². The molecule has 1 saturated heterocycles. The molecule has 4 bridgehead atoms. The Hall–Kier alpha value is -4.42. The van der Waals surface area contributed by atoms with Crippen molar-refractivity contribution in [3.8, 4) is 11.1 Å². The summed E-state index contributed by atoms with van der Waals surface area (Å²) in [7, 11) is 0. The minimum atomic E-state index is -1.05. The van der Waals surface area contributed by atoms with Gasteiger partial charge in [0, 0.05) is 41.0 Å². The normalized spacial score (nSPS) is 28.0. The fraction of sp³-hybridized carbons (Fsp3) is 0.565. The molecule has 4 saturated carbocycles. The fourth-order valence-electron chi connectivity index (χ4n) is 13.1. The molecule has 11 rings (SSSR count). The molecule has 58 heavy (non-hydrogen) atoms. The Kier molecular flexibility index (Phi) is 9.39. The third-order valence-corrected chi connectivity index (χ3v) is 15.7. The van der Waals surface area contributed by atoms with Gasteiger partial charge in [0.15, 0.2) is 22.5 Å². The molecule has 0 radical (unpaired) electrons. The van der Waals surface area contributed by atoms with E-state index in [0.717, 1.165) is 62.9 Å². The highest BCUT2D eigenvalue weighted by Crippen LogP contribution is 2.69. The number of hydrogen-bond donors (Lipinski definition) is 2. The zero-order valence-corrected chi connectivity index (χ0v) is 35.4. The van der Waals surface area contributed by atoms with Crippen LogP contribution in [0.5, 0.6) is 0 Å². The number of aromatic carboxylic acids is 1. The Morgan fingerprint density at radius 3 is 2.55 bits per heavy atom. The zero-order chi connectivity index (χ0) is 39.8. The summed E-state index contributed by atoms with van der Waals surface area (Å²) >= 11 is 1.59. The third kappa shape index (κ3) is 6.87. The number of nitrogens with one attached hydrogen (secondary N) is 1. The molecule has 5 atom stereocenters. The molecule has 304 valence electrons. The van der Waals surface area contributed by atoms with Gasteiger partial charge in [0.25, 0.3) is 0 Å². The van der Waals surface area contributed by atoms with Crippen LogP contribution in [0, 0.1) is 41.9 Å². The number of nitrogens with zero attached hydrogens (tertiary/aromatic N) is 8. The Balaban J connectivity index is 0.885. The molecule has 5 aromatic rings. The van der Waals surface area contributed by atoms with E-state index in [-0.39, 0.29) is 5.69 Å². The fourth-order valence-corrected chi connectivity index (χ4v) is 13.9. The van der Waals surface area contributed by atoms with Gasteiger partial charge in [-0.3, -0.25) is 4.68 Å². The molecule has 1 aromatic carbocycles. The standard InChI is InChI=1S/C46H57N9O2S/c1-29-33-11-9-20-54(41(33)52-51-40(29)50-43-48-36-12-5-6-13-37(36)58-43)38-15-14-34(39(49-38)42(56)57)35-24-47-55(30(35)2)25-32-22-45(4)26-44(3)21-31(32)23-46(27-44,28-45)16-10-19-53-17-7-8-18-53/h5-6,12-15,24,31-32H,7-11,16-23,25-28H2,1-4H3,(H,56,57)(H,48,50,51). The summed E-state index contributed by atoms with van der Waals surface area (Å²) in [5.74, 6) is 2.19. The number of aromatic nitrogens is 6. The van der Waals surface area contributed by atoms with Gasteiger partial charge in [-0.05, 0) is 163 Å². The molecule has 2 N–H and O–H groups in total. The van der Waals surface area contributed by atoms with E-state index in [0.29, 0.717) is 51.8 Å². The molecule has 2 aliphatic heterocycles. The molecule has 4 aromatic heterocycles. The predicted octanol–water partition coefficient (Wildman–Crippen LogP) is 9.98. The van der Waals surface area contributed by atoms with Gasteiger partial charge in [-0.2, -0.15) is 5.10 Å². The van der Waals surface area contributed by atoms with Crippen LogP contribution in [0.15, 0.2) is 42.6 Å². The largest absolute Gasteiger partial charge is 0.476 e. The number of para-hydroxylation sites is 1. The van der Waals surface area contributed by atoms with E-state index < -0.39 is 5.97 Å². The average Bonchev–Trinajstić information content (AvgIpc) is 3.92. The summed E-state index contributed by atoms with van der Waals surface area (Å²) in [6, 6.07) is 11.9. The quantitative estimate of drug-likeness (QED) is 0.133. The van der Waals surface area contributed by atoms with Gasteiger partial charge < -0.3 is 20.2 Å². The maximum absolute atomic E-state index is 12.9. The zero-order valence-electron chi connectivity index (χ0n) is 34.6. The maximum atomic E-state index is 12.9. The number of thiazole rings is 1. The van der Waals surface area contributed by atoms with Crippen LogP contribution in [0.2, 0.25) is 0 Å². The summed E-state index contributed by atoms with van der Waals surface area (Å²) in [5, 5.41) is 29.0. The van der Waals surface area contributed by atoms with Gasteiger partial charge in [0.05, 0.1) is 16.4 Å².